The Morgan fingerprint density at radius 2 is 2.15 bits per heavy atom. The van der Waals surface area contributed by atoms with Gasteiger partial charge in [-0.3, -0.25) is 24.6 Å². The number of thiocarbonyl (C=S) groups is 1. The maximum atomic E-state index is 12.2. The van der Waals surface area contributed by atoms with E-state index in [9.17, 15) is 19.7 Å². The molecule has 1 N–H and O–H groups in total. The lowest BCUT2D eigenvalue weighted by Gasteiger charge is -2.09. The highest BCUT2D eigenvalue weighted by Gasteiger charge is 2.33. The molecule has 0 spiro atoms. The van der Waals surface area contributed by atoms with Crippen molar-refractivity contribution in [3.8, 4) is 11.3 Å². The number of furan rings is 1. The van der Waals surface area contributed by atoms with Crippen LogP contribution in [0.15, 0.2) is 39.7 Å². The van der Waals surface area contributed by atoms with Crippen molar-refractivity contribution < 1.29 is 24.0 Å². The van der Waals surface area contributed by atoms with Crippen LogP contribution in [-0.4, -0.2) is 37.7 Å². The molecule has 1 aromatic carbocycles. The highest BCUT2D eigenvalue weighted by molar-refractivity contribution is 8.26. The van der Waals surface area contributed by atoms with Crippen LogP contribution in [0.3, 0.4) is 0 Å². The fraction of sp³-hybridized carbons (Fsp3) is 0.0625. The van der Waals surface area contributed by atoms with E-state index in [4.69, 9.17) is 33.3 Å². The van der Waals surface area contributed by atoms with Crippen molar-refractivity contribution in [3.63, 3.8) is 0 Å². The van der Waals surface area contributed by atoms with Crippen LogP contribution in [0.2, 0.25) is 5.02 Å². The molecule has 0 radical (unpaired) electrons. The minimum absolute atomic E-state index is 0.141. The molecule has 1 aromatic heterocycles. The van der Waals surface area contributed by atoms with Crippen LogP contribution < -0.4 is 0 Å². The zero-order valence-electron chi connectivity index (χ0n) is 13.2. The molecule has 0 bridgehead atoms. The SMILES string of the molecule is O=C(O)CN1C(=O)C(=Cc2ccc(-c3ccc([N+](=O)[O-])cc3Cl)o2)SC1=S. The van der Waals surface area contributed by atoms with E-state index in [0.29, 0.717) is 17.1 Å². The van der Waals surface area contributed by atoms with E-state index in [2.05, 4.69) is 0 Å². The van der Waals surface area contributed by atoms with E-state index in [-0.39, 0.29) is 19.9 Å². The summed E-state index contributed by atoms with van der Waals surface area (Å²) in [6, 6.07) is 7.19. The number of hydrogen-bond donors (Lipinski definition) is 1. The summed E-state index contributed by atoms with van der Waals surface area (Å²) in [5.41, 5.74) is 0.318. The first kappa shape index (κ1) is 19.1. The molecule has 8 nitrogen and oxygen atoms in total. The topological polar surface area (TPSA) is 114 Å². The van der Waals surface area contributed by atoms with Crippen molar-refractivity contribution in [1.29, 1.82) is 0 Å². The maximum Gasteiger partial charge on any atom is 0.323 e. The molecule has 0 atom stereocenters. The summed E-state index contributed by atoms with van der Waals surface area (Å²) in [5, 5.41) is 19.8. The number of nitrogens with zero attached hydrogens (tertiary/aromatic N) is 2. The first-order valence-electron chi connectivity index (χ1n) is 7.27. The van der Waals surface area contributed by atoms with Crippen LogP contribution in [-0.2, 0) is 9.59 Å². The van der Waals surface area contributed by atoms with Crippen LogP contribution >= 0.6 is 35.6 Å². The highest BCUT2D eigenvalue weighted by atomic mass is 35.5. The molecular formula is C16H9ClN2O6S2. The van der Waals surface area contributed by atoms with Crippen LogP contribution in [0.4, 0.5) is 5.69 Å². The number of non-ortho nitro benzene ring substituents is 1. The van der Waals surface area contributed by atoms with Crippen LogP contribution in [0.25, 0.3) is 17.4 Å². The number of thioether (sulfide) groups is 1. The summed E-state index contributed by atoms with van der Waals surface area (Å²) < 4.78 is 5.79. The van der Waals surface area contributed by atoms with Crippen molar-refractivity contribution in [2.24, 2.45) is 0 Å². The number of carboxylic acids is 1. The number of carbonyl (C=O) groups excluding carboxylic acids is 1. The second kappa shape index (κ2) is 7.51. The number of hydrogen-bond acceptors (Lipinski definition) is 7. The zero-order valence-corrected chi connectivity index (χ0v) is 15.6. The minimum atomic E-state index is -1.17. The molecule has 138 valence electrons. The summed E-state index contributed by atoms with van der Waals surface area (Å²) in [5.74, 6) is -0.989. The third-order valence-corrected chi connectivity index (χ3v) is 5.19. The molecule has 1 amide bonds. The second-order valence-electron chi connectivity index (χ2n) is 5.28. The van der Waals surface area contributed by atoms with Crippen molar-refractivity contribution in [1.82, 2.24) is 4.90 Å². The maximum absolute atomic E-state index is 12.2. The Morgan fingerprint density at radius 3 is 2.78 bits per heavy atom. The third-order valence-electron chi connectivity index (χ3n) is 3.50. The average Bonchev–Trinajstić information content (AvgIpc) is 3.15. The zero-order chi connectivity index (χ0) is 19.7. The summed E-state index contributed by atoms with van der Waals surface area (Å²) in [7, 11) is 0. The first-order valence-corrected chi connectivity index (χ1v) is 8.88. The van der Waals surface area contributed by atoms with Gasteiger partial charge in [-0.2, -0.15) is 0 Å². The number of aliphatic carboxylic acids is 1. The van der Waals surface area contributed by atoms with Gasteiger partial charge in [-0.1, -0.05) is 35.6 Å². The predicted octanol–water partition coefficient (Wildman–Crippen LogP) is 3.79. The van der Waals surface area contributed by atoms with E-state index < -0.39 is 23.3 Å². The van der Waals surface area contributed by atoms with Crippen molar-refractivity contribution in [3.05, 3.63) is 56.1 Å². The van der Waals surface area contributed by atoms with Gasteiger partial charge in [0.05, 0.1) is 14.9 Å². The Bertz CT molecular complexity index is 1020. The molecule has 2 heterocycles. The molecule has 27 heavy (non-hydrogen) atoms. The molecule has 0 saturated carbocycles. The average molecular weight is 425 g/mol. The van der Waals surface area contributed by atoms with Gasteiger partial charge in [0.1, 0.15) is 22.4 Å². The Kier molecular flexibility index (Phi) is 5.31. The van der Waals surface area contributed by atoms with E-state index in [1.165, 1.54) is 24.3 Å². The lowest BCUT2D eigenvalue weighted by atomic mass is 10.1. The molecule has 1 aliphatic heterocycles. The third kappa shape index (κ3) is 4.02. The number of rotatable bonds is 5. The lowest BCUT2D eigenvalue weighted by Crippen LogP contribution is -2.33. The highest BCUT2D eigenvalue weighted by Crippen LogP contribution is 2.35. The monoisotopic (exact) mass is 424 g/mol. The first-order chi connectivity index (χ1) is 12.8. The fourth-order valence-corrected chi connectivity index (χ4v) is 3.80. The van der Waals surface area contributed by atoms with Gasteiger partial charge in [0.15, 0.2) is 0 Å². The van der Waals surface area contributed by atoms with E-state index in [1.807, 2.05) is 0 Å². The van der Waals surface area contributed by atoms with Gasteiger partial charge in [0.25, 0.3) is 11.6 Å². The summed E-state index contributed by atoms with van der Waals surface area (Å²) >= 11 is 12.1. The van der Waals surface area contributed by atoms with Gasteiger partial charge < -0.3 is 9.52 Å². The normalized spacial score (nSPS) is 15.6. The van der Waals surface area contributed by atoms with Crippen LogP contribution in [0.1, 0.15) is 5.76 Å². The number of nitro groups is 1. The number of carboxylic acid groups (broad SMARTS) is 1. The molecule has 0 aliphatic carbocycles. The predicted molar refractivity (Wildman–Crippen MR) is 103 cm³/mol. The summed E-state index contributed by atoms with van der Waals surface area (Å²) in [6.45, 7) is -0.510. The standard InChI is InChI=1S/C16H9ClN2O6S2/c17-11-5-8(19(23)24)1-3-10(11)12-4-2-9(25-12)6-13-15(22)18(7-14(20)21)16(26)27-13/h1-6H,7H2,(H,20,21). The van der Waals surface area contributed by atoms with Crippen LogP contribution in [0.5, 0.6) is 0 Å². The smallest absolute Gasteiger partial charge is 0.323 e. The van der Waals surface area contributed by atoms with Crippen molar-refractivity contribution in [2.75, 3.05) is 6.54 Å². The summed E-state index contributed by atoms with van der Waals surface area (Å²) in [6.07, 6.45) is 1.45. The fourth-order valence-electron chi connectivity index (χ4n) is 2.29. The van der Waals surface area contributed by atoms with Gasteiger partial charge in [-0.15, -0.1) is 0 Å². The molecule has 1 fully saturated rings. The molecular weight excluding hydrogens is 416 g/mol. The van der Waals surface area contributed by atoms with Gasteiger partial charge in [-0.25, -0.2) is 0 Å². The molecule has 3 rings (SSSR count). The van der Waals surface area contributed by atoms with Gasteiger partial charge in [0, 0.05) is 23.8 Å². The quantitative estimate of drug-likeness (QED) is 0.333. The molecule has 1 saturated heterocycles. The summed E-state index contributed by atoms with van der Waals surface area (Å²) in [4.78, 5) is 34.5. The Balaban J connectivity index is 1.86. The minimum Gasteiger partial charge on any atom is -0.480 e. The molecule has 2 aromatic rings. The van der Waals surface area contributed by atoms with E-state index in [0.717, 1.165) is 16.7 Å². The Morgan fingerprint density at radius 1 is 1.41 bits per heavy atom. The number of benzene rings is 1. The second-order valence-corrected chi connectivity index (χ2v) is 7.37. The number of nitro benzene ring substituents is 1. The van der Waals surface area contributed by atoms with Crippen LogP contribution in [0, 0.1) is 10.1 Å². The molecule has 0 unspecified atom stereocenters. The number of halogens is 1. The van der Waals surface area contributed by atoms with E-state index >= 15 is 0 Å². The van der Waals surface area contributed by atoms with Crippen molar-refractivity contribution >= 4 is 63.5 Å². The largest absolute Gasteiger partial charge is 0.480 e. The molecule has 11 heteroatoms. The Hall–Kier alpha value is -2.69. The Labute approximate surface area is 166 Å². The van der Waals surface area contributed by atoms with Crippen molar-refractivity contribution in [2.45, 2.75) is 0 Å². The van der Waals surface area contributed by atoms with Gasteiger partial charge >= 0.3 is 5.97 Å². The molecule has 1 aliphatic rings. The number of amides is 1. The van der Waals surface area contributed by atoms with E-state index in [1.54, 1.807) is 12.1 Å². The lowest BCUT2D eigenvalue weighted by molar-refractivity contribution is -0.384. The number of carbonyl (C=O) groups is 2. The van der Waals surface area contributed by atoms with Gasteiger partial charge in [0.2, 0.25) is 0 Å². The van der Waals surface area contributed by atoms with Gasteiger partial charge in [-0.05, 0) is 18.2 Å².